The molecule has 3 N–H and O–H groups in total. The molecule has 0 aliphatic carbocycles. The van der Waals surface area contributed by atoms with Gasteiger partial charge in [-0.15, -0.1) is 0 Å². The third-order valence-electron chi connectivity index (χ3n) is 3.21. The molecule has 1 aromatic rings. The summed E-state index contributed by atoms with van der Waals surface area (Å²) in [6.45, 7) is 6.88. The zero-order valence-electron chi connectivity index (χ0n) is 11.2. The molecule has 17 heavy (non-hydrogen) atoms. The molecule has 2 atom stereocenters. The maximum atomic E-state index is 10.6. The Morgan fingerprint density at radius 1 is 1.18 bits per heavy atom. The molecule has 0 saturated carbocycles. The van der Waals surface area contributed by atoms with E-state index in [1.807, 2.05) is 30.3 Å². The van der Waals surface area contributed by atoms with E-state index in [1.165, 1.54) is 0 Å². The number of hydrogen-bond acceptors (Lipinski definition) is 2. The molecule has 0 amide bonds. The van der Waals surface area contributed by atoms with Crippen molar-refractivity contribution >= 4 is 0 Å². The van der Waals surface area contributed by atoms with Crippen molar-refractivity contribution in [2.45, 2.75) is 39.2 Å². The standard InChI is InChI=1S/C15H25NO/c1-12(2)9-13(3)10-15(17,11-16)14-7-5-4-6-8-14/h4-8,12-13,17H,9-11,16H2,1-3H3. The SMILES string of the molecule is CC(C)CC(C)CC(O)(CN)c1ccccc1. The van der Waals surface area contributed by atoms with E-state index >= 15 is 0 Å². The van der Waals surface area contributed by atoms with Crippen molar-refractivity contribution in [3.63, 3.8) is 0 Å². The van der Waals surface area contributed by atoms with E-state index in [1.54, 1.807) is 0 Å². The Kier molecular flexibility index (Phi) is 5.16. The van der Waals surface area contributed by atoms with E-state index in [9.17, 15) is 5.11 Å². The van der Waals surface area contributed by atoms with Gasteiger partial charge in [-0.2, -0.15) is 0 Å². The maximum absolute atomic E-state index is 10.6. The number of benzene rings is 1. The summed E-state index contributed by atoms with van der Waals surface area (Å²) in [4.78, 5) is 0. The van der Waals surface area contributed by atoms with Gasteiger partial charge in [-0.3, -0.25) is 0 Å². The van der Waals surface area contributed by atoms with E-state index in [0.29, 0.717) is 11.8 Å². The minimum Gasteiger partial charge on any atom is -0.384 e. The topological polar surface area (TPSA) is 46.2 Å². The molecule has 0 bridgehead atoms. The first-order valence-electron chi connectivity index (χ1n) is 6.46. The summed E-state index contributed by atoms with van der Waals surface area (Å²) in [6, 6.07) is 9.76. The average molecular weight is 235 g/mol. The van der Waals surface area contributed by atoms with E-state index in [-0.39, 0.29) is 6.54 Å². The van der Waals surface area contributed by atoms with Crippen molar-refractivity contribution in [2.24, 2.45) is 17.6 Å². The Balaban J connectivity index is 2.76. The van der Waals surface area contributed by atoms with Crippen molar-refractivity contribution < 1.29 is 5.11 Å². The summed E-state index contributed by atoms with van der Waals surface area (Å²) in [6.07, 6.45) is 1.85. The molecule has 0 aromatic heterocycles. The number of nitrogens with two attached hydrogens (primary N) is 1. The van der Waals surface area contributed by atoms with Gasteiger partial charge < -0.3 is 10.8 Å². The highest BCUT2D eigenvalue weighted by molar-refractivity contribution is 5.22. The Morgan fingerprint density at radius 3 is 2.24 bits per heavy atom. The fourth-order valence-corrected chi connectivity index (χ4v) is 2.53. The molecule has 0 fully saturated rings. The van der Waals surface area contributed by atoms with Crippen molar-refractivity contribution in [1.29, 1.82) is 0 Å². The minimum absolute atomic E-state index is 0.277. The second kappa shape index (κ2) is 6.18. The fourth-order valence-electron chi connectivity index (χ4n) is 2.53. The summed E-state index contributed by atoms with van der Waals surface area (Å²) in [5, 5.41) is 10.6. The monoisotopic (exact) mass is 235 g/mol. The lowest BCUT2D eigenvalue weighted by Crippen LogP contribution is -2.36. The molecule has 0 aliphatic heterocycles. The quantitative estimate of drug-likeness (QED) is 0.796. The zero-order chi connectivity index (χ0) is 12.9. The third kappa shape index (κ3) is 4.14. The molecule has 2 unspecified atom stereocenters. The highest BCUT2D eigenvalue weighted by atomic mass is 16.3. The molecule has 2 nitrogen and oxygen atoms in total. The molecular formula is C15H25NO. The van der Waals surface area contributed by atoms with Crippen LogP contribution in [0.4, 0.5) is 0 Å². The van der Waals surface area contributed by atoms with Crippen LogP contribution < -0.4 is 5.73 Å². The highest BCUT2D eigenvalue weighted by Gasteiger charge is 2.29. The highest BCUT2D eigenvalue weighted by Crippen LogP contribution is 2.30. The number of hydrogen-bond donors (Lipinski definition) is 2. The van der Waals surface area contributed by atoms with Gasteiger partial charge in [0.15, 0.2) is 0 Å². The Labute approximate surface area is 105 Å². The van der Waals surface area contributed by atoms with Crippen molar-refractivity contribution in [3.05, 3.63) is 35.9 Å². The predicted molar refractivity (Wildman–Crippen MR) is 72.6 cm³/mol. The largest absolute Gasteiger partial charge is 0.384 e. The molecule has 0 spiro atoms. The average Bonchev–Trinajstić information content (AvgIpc) is 2.29. The molecule has 96 valence electrons. The van der Waals surface area contributed by atoms with Crippen molar-refractivity contribution in [3.8, 4) is 0 Å². The van der Waals surface area contributed by atoms with Crippen LogP contribution in [0.5, 0.6) is 0 Å². The molecule has 1 aromatic carbocycles. The summed E-state index contributed by atoms with van der Waals surface area (Å²) in [7, 11) is 0. The van der Waals surface area contributed by atoms with Crippen LogP contribution in [0, 0.1) is 11.8 Å². The molecule has 2 heteroatoms. The fraction of sp³-hybridized carbons (Fsp3) is 0.600. The Hall–Kier alpha value is -0.860. The summed E-state index contributed by atoms with van der Waals surface area (Å²) in [5.74, 6) is 1.13. The molecule has 1 rings (SSSR count). The van der Waals surface area contributed by atoms with Gasteiger partial charge in [0.1, 0.15) is 5.60 Å². The van der Waals surface area contributed by atoms with E-state index < -0.39 is 5.60 Å². The molecule has 0 heterocycles. The normalized spacial score (nSPS) is 16.8. The first kappa shape index (κ1) is 14.2. The number of rotatable bonds is 6. The van der Waals surface area contributed by atoms with Gasteiger partial charge in [0, 0.05) is 6.54 Å². The zero-order valence-corrected chi connectivity index (χ0v) is 11.2. The van der Waals surface area contributed by atoms with Crippen molar-refractivity contribution in [2.75, 3.05) is 6.54 Å². The van der Waals surface area contributed by atoms with Crippen LogP contribution in [0.15, 0.2) is 30.3 Å². The van der Waals surface area contributed by atoms with E-state index in [2.05, 4.69) is 20.8 Å². The van der Waals surface area contributed by atoms with Crippen LogP contribution in [-0.2, 0) is 5.60 Å². The van der Waals surface area contributed by atoms with Crippen LogP contribution in [0.25, 0.3) is 0 Å². The predicted octanol–water partition coefficient (Wildman–Crippen LogP) is 2.91. The Morgan fingerprint density at radius 2 is 1.76 bits per heavy atom. The van der Waals surface area contributed by atoms with Gasteiger partial charge in [0.25, 0.3) is 0 Å². The van der Waals surface area contributed by atoms with E-state index in [4.69, 9.17) is 5.73 Å². The summed E-state index contributed by atoms with van der Waals surface area (Å²) < 4.78 is 0. The van der Waals surface area contributed by atoms with Gasteiger partial charge in [-0.1, -0.05) is 51.1 Å². The van der Waals surface area contributed by atoms with Crippen LogP contribution in [0.1, 0.15) is 39.2 Å². The maximum Gasteiger partial charge on any atom is 0.102 e. The van der Waals surface area contributed by atoms with Gasteiger partial charge in [0.05, 0.1) is 0 Å². The van der Waals surface area contributed by atoms with Gasteiger partial charge in [-0.05, 0) is 30.2 Å². The number of aliphatic hydroxyl groups is 1. The second-order valence-corrected chi connectivity index (χ2v) is 5.54. The lowest BCUT2D eigenvalue weighted by atomic mass is 9.82. The van der Waals surface area contributed by atoms with E-state index in [0.717, 1.165) is 18.4 Å². The minimum atomic E-state index is -0.879. The van der Waals surface area contributed by atoms with Gasteiger partial charge in [-0.25, -0.2) is 0 Å². The van der Waals surface area contributed by atoms with Gasteiger partial charge >= 0.3 is 0 Å². The van der Waals surface area contributed by atoms with Crippen LogP contribution >= 0.6 is 0 Å². The first-order chi connectivity index (χ1) is 7.98. The first-order valence-corrected chi connectivity index (χ1v) is 6.46. The van der Waals surface area contributed by atoms with Crippen molar-refractivity contribution in [1.82, 2.24) is 0 Å². The third-order valence-corrected chi connectivity index (χ3v) is 3.21. The molecule has 0 radical (unpaired) electrons. The van der Waals surface area contributed by atoms with Gasteiger partial charge in [0.2, 0.25) is 0 Å². The Bertz CT molecular complexity index is 323. The lowest BCUT2D eigenvalue weighted by molar-refractivity contribution is 0.0193. The van der Waals surface area contributed by atoms with Crippen LogP contribution in [-0.4, -0.2) is 11.7 Å². The van der Waals surface area contributed by atoms with Crippen LogP contribution in [0.3, 0.4) is 0 Å². The molecular weight excluding hydrogens is 210 g/mol. The molecule has 0 aliphatic rings. The summed E-state index contributed by atoms with van der Waals surface area (Å²) in [5.41, 5.74) is 5.82. The lowest BCUT2D eigenvalue weighted by Gasteiger charge is -2.30. The summed E-state index contributed by atoms with van der Waals surface area (Å²) >= 11 is 0. The molecule has 0 saturated heterocycles. The second-order valence-electron chi connectivity index (χ2n) is 5.54. The smallest absolute Gasteiger partial charge is 0.102 e. The van der Waals surface area contributed by atoms with Crippen LogP contribution in [0.2, 0.25) is 0 Å².